The van der Waals surface area contributed by atoms with Gasteiger partial charge in [0.05, 0.1) is 18.8 Å². The van der Waals surface area contributed by atoms with Crippen LogP contribution in [0.25, 0.3) is 0 Å². The molecule has 0 rings (SSSR count). The Morgan fingerprint density at radius 2 is 0.711 bits per heavy atom. The number of hydrogen-bond acceptors (Lipinski definition) is 4. The minimum absolute atomic E-state index is 0.309. The van der Waals surface area contributed by atoms with E-state index in [-0.39, 0.29) is 6.61 Å². The number of carbonyl (C=O) groups excluding carboxylic acids is 1. The number of rotatable bonds is 37. The summed E-state index contributed by atoms with van der Waals surface area (Å²) in [7, 11) is 0. The molecule has 0 bridgehead atoms. The van der Waals surface area contributed by atoms with E-state index in [0.717, 1.165) is 32.1 Å². The van der Waals surface area contributed by atoms with Gasteiger partial charge in [-0.05, 0) is 12.8 Å². The smallest absolute Gasteiger partial charge is 0.249 e. The third kappa shape index (κ3) is 31.7. The summed E-state index contributed by atoms with van der Waals surface area (Å²) < 4.78 is 0. The van der Waals surface area contributed by atoms with Crippen LogP contribution in [-0.2, 0) is 4.79 Å². The summed E-state index contributed by atoms with van der Waals surface area (Å²) in [5, 5.41) is 33.1. The van der Waals surface area contributed by atoms with E-state index >= 15 is 0 Å². The lowest BCUT2D eigenvalue weighted by Gasteiger charge is -2.23. The fourth-order valence-corrected chi connectivity index (χ4v) is 6.49. The van der Waals surface area contributed by atoms with E-state index in [9.17, 15) is 20.1 Å². The molecule has 0 saturated heterocycles. The van der Waals surface area contributed by atoms with Gasteiger partial charge in [-0.25, -0.2) is 0 Å². The fourth-order valence-electron chi connectivity index (χ4n) is 6.49. The van der Waals surface area contributed by atoms with Gasteiger partial charge in [0.2, 0.25) is 5.91 Å². The van der Waals surface area contributed by atoms with Crippen LogP contribution in [0.5, 0.6) is 0 Å². The molecule has 0 radical (unpaired) electrons. The first-order valence-corrected chi connectivity index (χ1v) is 20.3. The van der Waals surface area contributed by atoms with Gasteiger partial charge in [0.25, 0.3) is 0 Å². The summed E-state index contributed by atoms with van der Waals surface area (Å²) >= 11 is 0. The van der Waals surface area contributed by atoms with Gasteiger partial charge >= 0.3 is 0 Å². The van der Waals surface area contributed by atoms with Gasteiger partial charge < -0.3 is 20.6 Å². The zero-order valence-electron chi connectivity index (χ0n) is 30.5. The standard InChI is InChI=1S/C40H81NO4/c1-3-5-7-9-11-13-14-15-16-17-18-19-20-21-22-23-24-25-27-28-30-32-34-38(43)37(36-42)41-40(45)39(44)35-33-31-29-26-12-10-8-6-4-2/h37-39,42-44H,3-36H2,1-2H3,(H,41,45). The van der Waals surface area contributed by atoms with E-state index in [0.29, 0.717) is 12.8 Å². The highest BCUT2D eigenvalue weighted by Gasteiger charge is 2.23. The average molecular weight is 640 g/mol. The molecule has 0 aromatic carbocycles. The van der Waals surface area contributed by atoms with Gasteiger partial charge in [0, 0.05) is 0 Å². The molecule has 1 amide bonds. The molecule has 5 heteroatoms. The minimum atomic E-state index is -1.06. The molecule has 5 nitrogen and oxygen atoms in total. The van der Waals surface area contributed by atoms with Crippen molar-refractivity contribution in [2.24, 2.45) is 0 Å². The number of aliphatic hydroxyl groups is 3. The number of nitrogens with one attached hydrogen (secondary N) is 1. The molecule has 0 aromatic heterocycles. The molecule has 3 unspecified atom stereocenters. The normalized spacial score (nSPS) is 13.6. The summed E-state index contributed by atoms with van der Waals surface area (Å²) in [6.45, 7) is 4.21. The quantitative estimate of drug-likeness (QED) is 0.0509. The molecule has 4 N–H and O–H groups in total. The zero-order valence-corrected chi connectivity index (χ0v) is 30.5. The predicted octanol–water partition coefficient (Wildman–Crippen LogP) is 11.1. The van der Waals surface area contributed by atoms with Crippen molar-refractivity contribution in [2.45, 2.75) is 244 Å². The van der Waals surface area contributed by atoms with Crippen molar-refractivity contribution < 1.29 is 20.1 Å². The third-order valence-electron chi connectivity index (χ3n) is 9.73. The molecule has 0 aliphatic carbocycles. The van der Waals surface area contributed by atoms with Crippen LogP contribution in [0.4, 0.5) is 0 Å². The largest absolute Gasteiger partial charge is 0.394 e. The lowest BCUT2D eigenvalue weighted by molar-refractivity contribution is -0.131. The van der Waals surface area contributed by atoms with Gasteiger partial charge in [-0.15, -0.1) is 0 Å². The van der Waals surface area contributed by atoms with Crippen molar-refractivity contribution in [2.75, 3.05) is 6.61 Å². The Morgan fingerprint density at radius 3 is 1.00 bits per heavy atom. The summed E-state index contributed by atoms with van der Waals surface area (Å²) in [5.74, 6) is -0.471. The SMILES string of the molecule is CCCCCCCCCCCCCCCCCCCCCCCCC(O)C(CO)NC(=O)C(O)CCCCCCCCCCC. The second kappa shape index (κ2) is 36.2. The lowest BCUT2D eigenvalue weighted by atomic mass is 10.0. The average Bonchev–Trinajstić information content (AvgIpc) is 3.04. The second-order valence-electron chi connectivity index (χ2n) is 14.2. The molecule has 45 heavy (non-hydrogen) atoms. The summed E-state index contributed by atoms with van der Waals surface area (Å²) in [4.78, 5) is 12.4. The molecular weight excluding hydrogens is 558 g/mol. The Hall–Kier alpha value is -0.650. The topological polar surface area (TPSA) is 89.8 Å². The molecule has 0 spiro atoms. The Labute approximate surface area is 281 Å². The highest BCUT2D eigenvalue weighted by molar-refractivity contribution is 5.80. The van der Waals surface area contributed by atoms with Gasteiger partial charge in [0.1, 0.15) is 6.10 Å². The van der Waals surface area contributed by atoms with Crippen molar-refractivity contribution in [3.63, 3.8) is 0 Å². The maximum atomic E-state index is 12.4. The van der Waals surface area contributed by atoms with Crippen molar-refractivity contribution in [3.05, 3.63) is 0 Å². The van der Waals surface area contributed by atoms with Gasteiger partial charge in [-0.1, -0.05) is 213 Å². The van der Waals surface area contributed by atoms with Crippen LogP contribution < -0.4 is 5.32 Å². The van der Waals surface area contributed by atoms with Crippen molar-refractivity contribution in [1.82, 2.24) is 5.32 Å². The molecule has 270 valence electrons. The third-order valence-corrected chi connectivity index (χ3v) is 9.73. The minimum Gasteiger partial charge on any atom is -0.394 e. The Morgan fingerprint density at radius 1 is 0.444 bits per heavy atom. The summed E-state index contributed by atoms with van der Waals surface area (Å²) in [6.07, 6.45) is 39.7. The Bertz CT molecular complexity index is 587. The van der Waals surface area contributed by atoms with Crippen molar-refractivity contribution in [1.29, 1.82) is 0 Å². The molecule has 0 aliphatic rings. The number of carbonyl (C=O) groups is 1. The van der Waals surface area contributed by atoms with Crippen LogP contribution in [0.15, 0.2) is 0 Å². The predicted molar refractivity (Wildman–Crippen MR) is 195 cm³/mol. The second-order valence-corrected chi connectivity index (χ2v) is 14.2. The maximum absolute atomic E-state index is 12.4. The first-order valence-electron chi connectivity index (χ1n) is 20.3. The Kier molecular flexibility index (Phi) is 35.7. The molecule has 0 heterocycles. The molecule has 3 atom stereocenters. The number of aliphatic hydroxyl groups excluding tert-OH is 3. The lowest BCUT2D eigenvalue weighted by Crippen LogP contribution is -2.49. The highest BCUT2D eigenvalue weighted by Crippen LogP contribution is 2.16. The summed E-state index contributed by atoms with van der Waals surface area (Å²) in [6, 6.07) is -0.704. The highest BCUT2D eigenvalue weighted by atomic mass is 16.3. The van der Waals surface area contributed by atoms with Crippen LogP contribution in [0, 0.1) is 0 Å². The van der Waals surface area contributed by atoms with E-state index in [1.807, 2.05) is 0 Å². The first kappa shape index (κ1) is 44.4. The molecular formula is C40H81NO4. The number of unbranched alkanes of at least 4 members (excludes halogenated alkanes) is 29. The number of amides is 1. The van der Waals surface area contributed by atoms with Crippen LogP contribution in [-0.4, -0.2) is 46.1 Å². The van der Waals surface area contributed by atoms with Crippen LogP contribution in [0.3, 0.4) is 0 Å². The van der Waals surface area contributed by atoms with E-state index < -0.39 is 24.2 Å². The molecule has 0 aromatic rings. The zero-order chi connectivity index (χ0) is 33.1. The molecule has 0 aliphatic heterocycles. The molecule has 0 saturated carbocycles. The Balaban J connectivity index is 3.54. The van der Waals surface area contributed by atoms with Crippen LogP contribution in [0.1, 0.15) is 226 Å². The number of hydrogen-bond donors (Lipinski definition) is 4. The van der Waals surface area contributed by atoms with E-state index in [1.165, 1.54) is 167 Å². The van der Waals surface area contributed by atoms with Crippen LogP contribution >= 0.6 is 0 Å². The van der Waals surface area contributed by atoms with Gasteiger partial charge in [-0.3, -0.25) is 4.79 Å². The summed E-state index contributed by atoms with van der Waals surface area (Å²) in [5.41, 5.74) is 0. The fraction of sp³-hybridized carbons (Fsp3) is 0.975. The molecule has 0 fully saturated rings. The van der Waals surface area contributed by atoms with Crippen molar-refractivity contribution >= 4 is 5.91 Å². The van der Waals surface area contributed by atoms with Crippen molar-refractivity contribution in [3.8, 4) is 0 Å². The van der Waals surface area contributed by atoms with Crippen LogP contribution in [0.2, 0.25) is 0 Å². The van der Waals surface area contributed by atoms with E-state index in [2.05, 4.69) is 19.2 Å². The first-order chi connectivity index (χ1) is 22.1. The van der Waals surface area contributed by atoms with Gasteiger partial charge in [-0.2, -0.15) is 0 Å². The van der Waals surface area contributed by atoms with Gasteiger partial charge in [0.15, 0.2) is 0 Å². The van der Waals surface area contributed by atoms with E-state index in [4.69, 9.17) is 0 Å². The maximum Gasteiger partial charge on any atom is 0.249 e. The monoisotopic (exact) mass is 640 g/mol. The van der Waals surface area contributed by atoms with E-state index in [1.54, 1.807) is 0 Å².